The zero-order chi connectivity index (χ0) is 21.5. The molecule has 2 amide bonds. The monoisotopic (exact) mass is 415 g/mol. The summed E-state index contributed by atoms with van der Waals surface area (Å²) in [6.07, 6.45) is 8.70. The van der Waals surface area contributed by atoms with Crippen molar-refractivity contribution in [2.45, 2.75) is 89.8 Å². The number of nitrogens with zero attached hydrogens (tertiary/aromatic N) is 3. The molecule has 2 saturated heterocycles. The van der Waals surface area contributed by atoms with Gasteiger partial charge >= 0.3 is 0 Å². The molecule has 2 bridgehead atoms. The lowest BCUT2D eigenvalue weighted by molar-refractivity contribution is -0.125. The first-order chi connectivity index (χ1) is 14.2. The van der Waals surface area contributed by atoms with E-state index in [-0.39, 0.29) is 17.4 Å². The smallest absolute Gasteiger partial charge is 0.269 e. The molecule has 2 aliphatic heterocycles. The van der Waals surface area contributed by atoms with E-state index in [1.807, 2.05) is 27.8 Å². The molecule has 4 rings (SSSR count). The summed E-state index contributed by atoms with van der Waals surface area (Å²) in [6.45, 7) is 7.27. The molecule has 0 spiro atoms. The van der Waals surface area contributed by atoms with E-state index < -0.39 is 0 Å². The number of fused-ring (bicyclic) bond motifs is 3. The number of hydrogen-bond acceptors (Lipinski definition) is 4. The second-order valence-electron chi connectivity index (χ2n) is 10.5. The highest BCUT2D eigenvalue weighted by atomic mass is 16.2. The molecule has 0 saturated carbocycles. The zero-order valence-electron chi connectivity index (χ0n) is 19.0. The maximum Gasteiger partial charge on any atom is 0.269 e. The second kappa shape index (κ2) is 8.33. The summed E-state index contributed by atoms with van der Waals surface area (Å²) in [4.78, 5) is 27.7. The molecule has 1 aromatic rings. The molecule has 3 heterocycles. The molecular weight excluding hydrogens is 378 g/mol. The highest BCUT2D eigenvalue weighted by molar-refractivity contribution is 5.94. The van der Waals surface area contributed by atoms with E-state index in [1.165, 1.54) is 6.42 Å². The van der Waals surface area contributed by atoms with Crippen molar-refractivity contribution in [3.8, 4) is 0 Å². The van der Waals surface area contributed by atoms with E-state index in [9.17, 15) is 9.59 Å². The van der Waals surface area contributed by atoms with E-state index in [0.29, 0.717) is 31.1 Å². The highest BCUT2D eigenvalue weighted by Crippen LogP contribution is 2.38. The lowest BCUT2D eigenvalue weighted by atomic mass is 9.90. The largest absolute Gasteiger partial charge is 0.350 e. The average Bonchev–Trinajstić information content (AvgIpc) is 3.09. The van der Waals surface area contributed by atoms with Gasteiger partial charge in [-0.05, 0) is 78.1 Å². The molecule has 0 aromatic carbocycles. The molecular formula is C23H37N5O2. The van der Waals surface area contributed by atoms with Gasteiger partial charge in [-0.3, -0.25) is 19.2 Å². The van der Waals surface area contributed by atoms with Crippen molar-refractivity contribution in [3.05, 3.63) is 17.0 Å². The fourth-order valence-corrected chi connectivity index (χ4v) is 5.72. The Bertz CT molecular complexity index is 795. The zero-order valence-corrected chi connectivity index (χ0v) is 19.0. The van der Waals surface area contributed by atoms with Crippen LogP contribution in [0.5, 0.6) is 0 Å². The number of rotatable bonds is 5. The number of aryl methyl sites for hydroxylation is 2. The molecule has 1 aromatic heterocycles. The van der Waals surface area contributed by atoms with Gasteiger partial charge in [0.15, 0.2) is 0 Å². The summed E-state index contributed by atoms with van der Waals surface area (Å²) in [6, 6.07) is 0.918. The van der Waals surface area contributed by atoms with Gasteiger partial charge < -0.3 is 10.6 Å². The number of hydrogen-bond donors (Lipinski definition) is 2. The van der Waals surface area contributed by atoms with Crippen molar-refractivity contribution in [3.63, 3.8) is 0 Å². The summed E-state index contributed by atoms with van der Waals surface area (Å²) < 4.78 is 1.77. The van der Waals surface area contributed by atoms with Crippen LogP contribution in [0, 0.1) is 5.92 Å². The van der Waals surface area contributed by atoms with Gasteiger partial charge in [0.1, 0.15) is 5.69 Å². The molecule has 2 N–H and O–H groups in total. The normalized spacial score (nSPS) is 26.3. The van der Waals surface area contributed by atoms with Crippen molar-refractivity contribution < 1.29 is 9.59 Å². The number of piperidine rings is 1. The predicted molar refractivity (Wildman–Crippen MR) is 116 cm³/mol. The summed E-state index contributed by atoms with van der Waals surface area (Å²) in [5.74, 6) is 0.622. The van der Waals surface area contributed by atoms with Crippen LogP contribution in [0.4, 0.5) is 0 Å². The van der Waals surface area contributed by atoms with Crippen LogP contribution in [-0.4, -0.2) is 57.2 Å². The van der Waals surface area contributed by atoms with Crippen LogP contribution < -0.4 is 10.6 Å². The molecule has 7 heteroatoms. The predicted octanol–water partition coefficient (Wildman–Crippen LogP) is 2.19. The second-order valence-corrected chi connectivity index (χ2v) is 10.5. The fourth-order valence-electron chi connectivity index (χ4n) is 5.72. The molecule has 2 unspecified atom stereocenters. The van der Waals surface area contributed by atoms with Crippen LogP contribution in [0.2, 0.25) is 0 Å². The van der Waals surface area contributed by atoms with Crippen molar-refractivity contribution >= 4 is 11.8 Å². The van der Waals surface area contributed by atoms with Crippen molar-refractivity contribution in [1.29, 1.82) is 0 Å². The highest BCUT2D eigenvalue weighted by Gasteiger charge is 2.41. The number of carbonyl (C=O) groups is 2. The third-order valence-corrected chi connectivity index (χ3v) is 6.91. The topological polar surface area (TPSA) is 79.3 Å². The molecule has 0 radical (unpaired) electrons. The quantitative estimate of drug-likeness (QED) is 0.773. The Labute approximate surface area is 180 Å². The molecule has 2 fully saturated rings. The van der Waals surface area contributed by atoms with Gasteiger partial charge in [0, 0.05) is 36.8 Å². The minimum atomic E-state index is -0.191. The Balaban J connectivity index is 1.31. The maximum atomic E-state index is 12.9. The summed E-state index contributed by atoms with van der Waals surface area (Å²) in [5, 5.41) is 10.9. The Morgan fingerprint density at radius 3 is 2.43 bits per heavy atom. The standard InChI is InChI=1S/C23H37N5O2/c1-23(2,3)25-20(29)14-28-16-9-10-17(28)12-15(11-16)13-24-22(30)21-18-7-5-6-8-19(18)26-27(21)4/h15-17H,5-14H2,1-4H3,(H,24,30)(H,25,29). The average molecular weight is 416 g/mol. The van der Waals surface area contributed by atoms with E-state index in [0.717, 1.165) is 61.9 Å². The first-order valence-corrected chi connectivity index (χ1v) is 11.6. The third kappa shape index (κ3) is 4.56. The Morgan fingerprint density at radius 1 is 1.10 bits per heavy atom. The van der Waals surface area contributed by atoms with Crippen LogP contribution in [-0.2, 0) is 24.7 Å². The van der Waals surface area contributed by atoms with Crippen molar-refractivity contribution in [2.24, 2.45) is 13.0 Å². The molecule has 3 aliphatic rings. The van der Waals surface area contributed by atoms with Crippen molar-refractivity contribution in [2.75, 3.05) is 13.1 Å². The fraction of sp³-hybridized carbons (Fsp3) is 0.783. The SMILES string of the molecule is Cn1nc2c(c1C(=O)NCC1CC3CCC(C1)N3CC(=O)NC(C)(C)C)CCCC2. The molecule has 2 atom stereocenters. The van der Waals surface area contributed by atoms with Crippen LogP contribution in [0.25, 0.3) is 0 Å². The lowest BCUT2D eigenvalue weighted by Gasteiger charge is -2.39. The Hall–Kier alpha value is -1.89. The summed E-state index contributed by atoms with van der Waals surface area (Å²) in [5.41, 5.74) is 2.82. The lowest BCUT2D eigenvalue weighted by Crippen LogP contribution is -2.52. The van der Waals surface area contributed by atoms with E-state index in [1.54, 1.807) is 4.68 Å². The molecule has 30 heavy (non-hydrogen) atoms. The minimum Gasteiger partial charge on any atom is -0.350 e. The summed E-state index contributed by atoms with van der Waals surface area (Å²) in [7, 11) is 1.88. The molecule has 166 valence electrons. The Kier molecular flexibility index (Phi) is 5.93. The van der Waals surface area contributed by atoms with E-state index in [4.69, 9.17) is 0 Å². The van der Waals surface area contributed by atoms with Crippen LogP contribution in [0.15, 0.2) is 0 Å². The third-order valence-electron chi connectivity index (χ3n) is 6.91. The van der Waals surface area contributed by atoms with Gasteiger partial charge in [0.05, 0.1) is 12.2 Å². The number of amides is 2. The summed E-state index contributed by atoms with van der Waals surface area (Å²) >= 11 is 0. The molecule has 7 nitrogen and oxygen atoms in total. The van der Waals surface area contributed by atoms with Gasteiger partial charge in [0.2, 0.25) is 5.91 Å². The van der Waals surface area contributed by atoms with Crippen LogP contribution >= 0.6 is 0 Å². The maximum absolute atomic E-state index is 12.9. The van der Waals surface area contributed by atoms with Gasteiger partial charge in [-0.15, -0.1) is 0 Å². The van der Waals surface area contributed by atoms with E-state index in [2.05, 4.69) is 20.6 Å². The number of nitrogens with one attached hydrogen (secondary N) is 2. The van der Waals surface area contributed by atoms with Crippen molar-refractivity contribution in [1.82, 2.24) is 25.3 Å². The van der Waals surface area contributed by atoms with Crippen LogP contribution in [0.1, 0.15) is 81.0 Å². The number of aromatic nitrogens is 2. The molecule has 1 aliphatic carbocycles. The Morgan fingerprint density at radius 2 is 1.77 bits per heavy atom. The van der Waals surface area contributed by atoms with E-state index >= 15 is 0 Å². The minimum absolute atomic E-state index is 0.0208. The van der Waals surface area contributed by atoms with Crippen LogP contribution in [0.3, 0.4) is 0 Å². The van der Waals surface area contributed by atoms with Gasteiger partial charge in [-0.25, -0.2) is 0 Å². The number of carbonyl (C=O) groups excluding carboxylic acids is 2. The van der Waals surface area contributed by atoms with Gasteiger partial charge in [-0.1, -0.05) is 0 Å². The first-order valence-electron chi connectivity index (χ1n) is 11.6. The van der Waals surface area contributed by atoms with Gasteiger partial charge in [0.25, 0.3) is 5.91 Å². The first kappa shape index (κ1) is 21.3. The van der Waals surface area contributed by atoms with Gasteiger partial charge in [-0.2, -0.15) is 5.10 Å².